The van der Waals surface area contributed by atoms with Crippen molar-refractivity contribution in [1.82, 2.24) is 0 Å². The first-order valence-electron chi connectivity index (χ1n) is 9.29. The van der Waals surface area contributed by atoms with Gasteiger partial charge in [-0.1, -0.05) is 57.2 Å². The number of nitro groups is 1. The number of amides is 1. The topological polar surface area (TPSA) is 88.8 Å². The number of carbonyl (C=O) groups excluding carboxylic acids is 1. The molecule has 0 aromatic heterocycles. The predicted molar refractivity (Wildman–Crippen MR) is 107 cm³/mol. The van der Waals surface area contributed by atoms with E-state index in [1.54, 1.807) is 19.1 Å². The van der Waals surface area contributed by atoms with E-state index < -0.39 is 4.92 Å². The maximum atomic E-state index is 12.4. The van der Waals surface area contributed by atoms with E-state index in [0.717, 1.165) is 6.42 Å². The summed E-state index contributed by atoms with van der Waals surface area (Å²) in [6.07, 6.45) is 0.994. The van der Waals surface area contributed by atoms with E-state index in [-0.39, 0.29) is 29.9 Å². The molecular weight excluding hydrogens is 342 g/mol. The predicted octanol–water partition coefficient (Wildman–Crippen LogP) is 3.36. The average Bonchev–Trinajstić information content (AvgIpc) is 2.63. The Morgan fingerprint density at radius 2 is 1.85 bits per heavy atom. The molecule has 0 saturated heterocycles. The second-order valence-corrected chi connectivity index (χ2v) is 7.08. The van der Waals surface area contributed by atoms with Crippen LogP contribution in [0.1, 0.15) is 43.5 Å². The van der Waals surface area contributed by atoms with Crippen molar-refractivity contribution in [3.8, 4) is 0 Å². The second kappa shape index (κ2) is 9.28. The van der Waals surface area contributed by atoms with Crippen LogP contribution in [0.5, 0.6) is 0 Å². The summed E-state index contributed by atoms with van der Waals surface area (Å²) in [6, 6.07) is 13.4. The van der Waals surface area contributed by atoms with Gasteiger partial charge in [0.05, 0.1) is 4.92 Å². The lowest BCUT2D eigenvalue weighted by Gasteiger charge is -2.20. The van der Waals surface area contributed by atoms with E-state index in [1.807, 2.05) is 5.32 Å². The number of anilines is 1. The average molecular weight is 370 g/mol. The Morgan fingerprint density at radius 3 is 2.41 bits per heavy atom. The number of quaternary nitrogens is 1. The highest BCUT2D eigenvalue weighted by molar-refractivity contribution is 5.94. The molecule has 6 heteroatoms. The summed E-state index contributed by atoms with van der Waals surface area (Å²) in [5, 5.41) is 15.9. The van der Waals surface area contributed by atoms with Crippen molar-refractivity contribution in [2.24, 2.45) is 5.92 Å². The van der Waals surface area contributed by atoms with Crippen molar-refractivity contribution in [2.45, 2.75) is 40.2 Å². The van der Waals surface area contributed by atoms with Gasteiger partial charge in [-0.15, -0.1) is 0 Å². The van der Waals surface area contributed by atoms with E-state index in [4.69, 9.17) is 0 Å². The Morgan fingerprint density at radius 1 is 1.19 bits per heavy atom. The monoisotopic (exact) mass is 370 g/mol. The molecular formula is C21H28N3O3+. The fourth-order valence-corrected chi connectivity index (χ4v) is 3.16. The summed E-state index contributed by atoms with van der Waals surface area (Å²) in [4.78, 5) is 23.2. The van der Waals surface area contributed by atoms with Gasteiger partial charge in [-0.2, -0.15) is 0 Å². The van der Waals surface area contributed by atoms with Gasteiger partial charge in [-0.25, -0.2) is 0 Å². The number of carbonyl (C=O) groups is 1. The Bertz CT molecular complexity index is 801. The van der Waals surface area contributed by atoms with Gasteiger partial charge in [0.15, 0.2) is 6.54 Å². The van der Waals surface area contributed by atoms with Crippen LogP contribution in [0.25, 0.3) is 0 Å². The van der Waals surface area contributed by atoms with Gasteiger partial charge >= 0.3 is 0 Å². The van der Waals surface area contributed by atoms with Crippen molar-refractivity contribution < 1.29 is 15.0 Å². The van der Waals surface area contributed by atoms with Gasteiger partial charge in [-0.05, 0) is 24.5 Å². The number of nitrogens with zero attached hydrogens (tertiary/aromatic N) is 1. The van der Waals surface area contributed by atoms with Crippen LogP contribution >= 0.6 is 0 Å². The quantitative estimate of drug-likeness (QED) is 0.551. The third-order valence-electron chi connectivity index (χ3n) is 4.76. The number of hydrogen-bond donors (Lipinski definition) is 2. The smallest absolute Gasteiger partial charge is 0.293 e. The minimum Gasteiger partial charge on any atom is -0.332 e. The third-order valence-corrected chi connectivity index (χ3v) is 4.76. The van der Waals surface area contributed by atoms with Gasteiger partial charge in [0.1, 0.15) is 11.7 Å². The van der Waals surface area contributed by atoms with Crippen LogP contribution in [-0.2, 0) is 11.2 Å². The normalized spacial score (nSPS) is 12.0. The first kappa shape index (κ1) is 20.6. The fraction of sp³-hybridized carbons (Fsp3) is 0.381. The van der Waals surface area contributed by atoms with Gasteiger partial charge in [0.2, 0.25) is 0 Å². The SMILES string of the molecule is CCc1ccc([C@H]([NH2+]CC(=O)Nc2c(C)cccc2[N+](=O)[O-])C(C)C)cc1. The number of para-hydroxylation sites is 1. The molecule has 0 unspecified atom stereocenters. The molecule has 2 aromatic carbocycles. The highest BCUT2D eigenvalue weighted by Crippen LogP contribution is 2.27. The highest BCUT2D eigenvalue weighted by Gasteiger charge is 2.22. The summed E-state index contributed by atoms with van der Waals surface area (Å²) in [5.74, 6) is 0.0984. The zero-order valence-electron chi connectivity index (χ0n) is 16.4. The Hall–Kier alpha value is -2.73. The van der Waals surface area contributed by atoms with E-state index in [0.29, 0.717) is 11.5 Å². The first-order chi connectivity index (χ1) is 12.8. The maximum Gasteiger partial charge on any atom is 0.293 e. The van der Waals surface area contributed by atoms with Gasteiger partial charge in [0, 0.05) is 17.5 Å². The molecule has 1 amide bonds. The van der Waals surface area contributed by atoms with Crippen LogP contribution < -0.4 is 10.6 Å². The summed E-state index contributed by atoms with van der Waals surface area (Å²) in [6.45, 7) is 8.32. The van der Waals surface area contributed by atoms with Crippen LogP contribution in [-0.4, -0.2) is 17.4 Å². The number of nitro benzene ring substituents is 1. The van der Waals surface area contributed by atoms with Crippen LogP contribution in [0.15, 0.2) is 42.5 Å². The highest BCUT2D eigenvalue weighted by atomic mass is 16.6. The lowest BCUT2D eigenvalue weighted by Crippen LogP contribution is -2.88. The summed E-state index contributed by atoms with van der Waals surface area (Å²) >= 11 is 0. The van der Waals surface area contributed by atoms with Crippen molar-refractivity contribution in [2.75, 3.05) is 11.9 Å². The third kappa shape index (κ3) is 5.37. The van der Waals surface area contributed by atoms with Crippen LogP contribution in [0.3, 0.4) is 0 Å². The molecule has 6 nitrogen and oxygen atoms in total. The van der Waals surface area contributed by atoms with Crippen LogP contribution in [0.2, 0.25) is 0 Å². The van der Waals surface area contributed by atoms with E-state index in [2.05, 4.69) is 50.4 Å². The van der Waals surface area contributed by atoms with E-state index in [9.17, 15) is 14.9 Å². The standard InChI is InChI=1S/C21H27N3O3/c1-5-16-9-11-17(12-10-16)20(14(2)3)22-13-19(25)23-21-15(4)7-6-8-18(21)24(26)27/h6-12,14,20,22H,5,13H2,1-4H3,(H,23,25)/p+1/t20-/m1/s1. The number of hydrogen-bond acceptors (Lipinski definition) is 3. The van der Waals surface area contributed by atoms with Crippen molar-refractivity contribution >= 4 is 17.3 Å². The van der Waals surface area contributed by atoms with E-state index in [1.165, 1.54) is 17.2 Å². The zero-order valence-corrected chi connectivity index (χ0v) is 16.4. The summed E-state index contributed by atoms with van der Waals surface area (Å²) in [7, 11) is 0. The van der Waals surface area contributed by atoms with Gasteiger partial charge < -0.3 is 10.6 Å². The number of nitrogens with one attached hydrogen (secondary N) is 1. The molecule has 2 rings (SSSR count). The molecule has 0 saturated carbocycles. The molecule has 1 atom stereocenters. The molecule has 3 N–H and O–H groups in total. The largest absolute Gasteiger partial charge is 0.332 e. The molecule has 0 heterocycles. The molecule has 0 spiro atoms. The Kier molecular flexibility index (Phi) is 7.07. The molecule has 0 aliphatic heterocycles. The number of aryl methyl sites for hydroxylation is 2. The van der Waals surface area contributed by atoms with Crippen LogP contribution in [0.4, 0.5) is 11.4 Å². The molecule has 2 aromatic rings. The zero-order chi connectivity index (χ0) is 20.0. The minimum absolute atomic E-state index is 0.0843. The fourth-order valence-electron chi connectivity index (χ4n) is 3.16. The summed E-state index contributed by atoms with van der Waals surface area (Å²) in [5.41, 5.74) is 3.32. The van der Waals surface area contributed by atoms with Gasteiger partial charge in [-0.3, -0.25) is 14.9 Å². The number of nitrogens with two attached hydrogens (primary N) is 1. The minimum atomic E-state index is -0.474. The first-order valence-corrected chi connectivity index (χ1v) is 9.29. The van der Waals surface area contributed by atoms with Crippen molar-refractivity contribution in [1.29, 1.82) is 0 Å². The molecule has 144 valence electrons. The van der Waals surface area contributed by atoms with Crippen molar-refractivity contribution in [3.63, 3.8) is 0 Å². The lowest BCUT2D eigenvalue weighted by molar-refractivity contribution is -0.692. The van der Waals surface area contributed by atoms with Crippen molar-refractivity contribution in [3.05, 3.63) is 69.3 Å². The second-order valence-electron chi connectivity index (χ2n) is 7.08. The number of benzene rings is 2. The van der Waals surface area contributed by atoms with E-state index >= 15 is 0 Å². The maximum absolute atomic E-state index is 12.4. The van der Waals surface area contributed by atoms with Crippen LogP contribution in [0, 0.1) is 23.0 Å². The number of rotatable bonds is 8. The molecule has 0 fully saturated rings. The molecule has 0 radical (unpaired) electrons. The van der Waals surface area contributed by atoms with Gasteiger partial charge in [0.25, 0.3) is 11.6 Å². The molecule has 27 heavy (non-hydrogen) atoms. The molecule has 0 aliphatic carbocycles. The Labute approximate surface area is 160 Å². The lowest BCUT2D eigenvalue weighted by atomic mass is 9.95. The summed E-state index contributed by atoms with van der Waals surface area (Å²) < 4.78 is 0. The molecule has 0 aliphatic rings. The molecule has 0 bridgehead atoms. The Balaban J connectivity index is 2.07.